The van der Waals surface area contributed by atoms with Crippen molar-refractivity contribution in [3.63, 3.8) is 0 Å². The first-order valence-corrected chi connectivity index (χ1v) is 13.1. The molecule has 40 heavy (non-hydrogen) atoms. The lowest BCUT2D eigenvalue weighted by Gasteiger charge is -2.48. The fourth-order valence-electron chi connectivity index (χ4n) is 5.55. The van der Waals surface area contributed by atoms with Crippen LogP contribution in [0.3, 0.4) is 0 Å². The third-order valence-corrected chi connectivity index (χ3v) is 7.82. The van der Waals surface area contributed by atoms with Gasteiger partial charge in [0.05, 0.1) is 24.7 Å². The first kappa shape index (κ1) is 28.3. The van der Waals surface area contributed by atoms with Gasteiger partial charge in [-0.25, -0.2) is 8.78 Å². The van der Waals surface area contributed by atoms with Crippen LogP contribution in [0.1, 0.15) is 47.8 Å². The van der Waals surface area contributed by atoms with E-state index < -0.39 is 66.8 Å². The summed E-state index contributed by atoms with van der Waals surface area (Å²) < 4.78 is 32.6. The summed E-state index contributed by atoms with van der Waals surface area (Å²) in [6.07, 6.45) is -6.69. The first-order valence-electron chi connectivity index (χ1n) is 13.1. The predicted molar refractivity (Wildman–Crippen MR) is 140 cm³/mol. The molecule has 8 nitrogen and oxygen atoms in total. The Balaban J connectivity index is 1.28. The molecule has 3 aromatic rings. The van der Waals surface area contributed by atoms with Crippen molar-refractivity contribution in [1.29, 1.82) is 0 Å². The summed E-state index contributed by atoms with van der Waals surface area (Å²) in [6.45, 7) is -0.532. The van der Waals surface area contributed by atoms with Gasteiger partial charge >= 0.3 is 0 Å². The van der Waals surface area contributed by atoms with E-state index in [1.54, 1.807) is 41.3 Å². The maximum atomic E-state index is 13.6. The van der Waals surface area contributed by atoms with Crippen molar-refractivity contribution in [2.45, 2.75) is 55.5 Å². The summed E-state index contributed by atoms with van der Waals surface area (Å²) in [5.41, 5.74) is 2.32. The summed E-state index contributed by atoms with van der Waals surface area (Å²) in [6, 6.07) is 17.6. The van der Waals surface area contributed by atoms with Crippen molar-refractivity contribution in [2.75, 3.05) is 11.5 Å². The number of carbonyl (C=O) groups excluding carboxylic acids is 1. The molecule has 5 N–H and O–H groups in total. The van der Waals surface area contributed by atoms with E-state index in [1.807, 2.05) is 0 Å². The lowest BCUT2D eigenvalue weighted by atomic mass is 9.78. The molecule has 0 aliphatic carbocycles. The number of carbonyl (C=O) groups is 1. The van der Waals surface area contributed by atoms with Gasteiger partial charge in [-0.2, -0.15) is 0 Å². The normalized spacial score (nSPS) is 29.2. The maximum Gasteiger partial charge on any atom is 0.233 e. The van der Waals surface area contributed by atoms with Gasteiger partial charge in [-0.1, -0.05) is 36.4 Å². The highest BCUT2D eigenvalue weighted by Crippen LogP contribution is 2.46. The summed E-state index contributed by atoms with van der Waals surface area (Å²) in [5.74, 6) is -1.47. The number of nitrogens with zero attached hydrogens (tertiary/aromatic N) is 1. The molecule has 0 bridgehead atoms. The average Bonchev–Trinajstić information content (AvgIpc) is 2.96. The second kappa shape index (κ2) is 11.7. The third kappa shape index (κ3) is 5.38. The number of hydrogen-bond acceptors (Lipinski definition) is 7. The lowest BCUT2D eigenvalue weighted by molar-refractivity contribution is -0.231. The molecule has 8 atom stereocenters. The minimum absolute atomic E-state index is 0.175. The molecule has 2 aliphatic heterocycles. The lowest BCUT2D eigenvalue weighted by Crippen LogP contribution is -2.55. The van der Waals surface area contributed by atoms with Gasteiger partial charge in [0, 0.05) is 5.69 Å². The summed E-state index contributed by atoms with van der Waals surface area (Å²) >= 11 is 0. The molecule has 2 fully saturated rings. The van der Waals surface area contributed by atoms with Crippen molar-refractivity contribution < 1.29 is 43.8 Å². The van der Waals surface area contributed by atoms with Crippen LogP contribution in [0.5, 0.6) is 0 Å². The molecular weight excluding hydrogens is 524 g/mol. The number of benzene rings is 3. The molecule has 0 unspecified atom stereocenters. The van der Waals surface area contributed by atoms with Crippen LogP contribution in [0, 0.1) is 17.6 Å². The predicted octanol–water partition coefficient (Wildman–Crippen LogP) is 2.70. The Labute approximate surface area is 229 Å². The molecule has 2 saturated heterocycles. The zero-order valence-corrected chi connectivity index (χ0v) is 21.4. The number of amides is 1. The molecule has 0 saturated carbocycles. The average molecular weight is 556 g/mol. The van der Waals surface area contributed by atoms with Gasteiger partial charge in [0.15, 0.2) is 0 Å². The molecule has 3 aromatic carbocycles. The van der Waals surface area contributed by atoms with Gasteiger partial charge in [0.25, 0.3) is 0 Å². The van der Waals surface area contributed by atoms with Crippen LogP contribution in [-0.4, -0.2) is 62.5 Å². The summed E-state index contributed by atoms with van der Waals surface area (Å²) in [7, 11) is 0. The zero-order chi connectivity index (χ0) is 28.6. The van der Waals surface area contributed by atoms with Gasteiger partial charge in [-0.3, -0.25) is 4.79 Å². The van der Waals surface area contributed by atoms with Crippen molar-refractivity contribution in [3.8, 4) is 0 Å². The Hall–Kier alpha value is -3.25. The molecule has 10 heteroatoms. The number of anilines is 1. The summed E-state index contributed by atoms with van der Waals surface area (Å²) in [5, 5.41) is 50.7. The van der Waals surface area contributed by atoms with Gasteiger partial charge in [0.2, 0.25) is 5.91 Å². The molecule has 212 valence electrons. The zero-order valence-electron chi connectivity index (χ0n) is 21.4. The van der Waals surface area contributed by atoms with Gasteiger partial charge in [-0.15, -0.1) is 0 Å². The Morgan fingerprint density at radius 1 is 0.800 bits per heavy atom. The molecule has 1 amide bonds. The number of rotatable bonds is 8. The fraction of sp³-hybridized carbons (Fsp3) is 0.367. The molecule has 0 spiro atoms. The van der Waals surface area contributed by atoms with E-state index >= 15 is 0 Å². The van der Waals surface area contributed by atoms with Crippen molar-refractivity contribution >= 4 is 11.6 Å². The van der Waals surface area contributed by atoms with Crippen molar-refractivity contribution in [1.82, 2.24) is 0 Å². The van der Waals surface area contributed by atoms with E-state index in [2.05, 4.69) is 0 Å². The third-order valence-electron chi connectivity index (χ3n) is 7.82. The quantitative estimate of drug-likeness (QED) is 0.270. The first-order chi connectivity index (χ1) is 19.2. The minimum atomic E-state index is -1.50. The number of β-lactam (4-membered cyclic amide) rings is 1. The van der Waals surface area contributed by atoms with Crippen LogP contribution in [0.25, 0.3) is 0 Å². The van der Waals surface area contributed by atoms with Crippen molar-refractivity contribution in [3.05, 3.63) is 101 Å². The highest BCUT2D eigenvalue weighted by Gasteiger charge is 2.48. The van der Waals surface area contributed by atoms with Crippen LogP contribution >= 0.6 is 0 Å². The number of aliphatic hydroxyl groups is 5. The van der Waals surface area contributed by atoms with E-state index in [9.17, 15) is 39.1 Å². The van der Waals surface area contributed by atoms with Crippen LogP contribution in [0.2, 0.25) is 0 Å². The highest BCUT2D eigenvalue weighted by molar-refractivity contribution is 6.03. The maximum absolute atomic E-state index is 13.6. The van der Waals surface area contributed by atoms with E-state index in [0.29, 0.717) is 23.2 Å². The highest BCUT2D eigenvalue weighted by atomic mass is 19.1. The molecule has 0 aromatic heterocycles. The van der Waals surface area contributed by atoms with Crippen molar-refractivity contribution in [2.24, 2.45) is 5.92 Å². The largest absolute Gasteiger partial charge is 0.394 e. The molecular formula is C30H31F2NO7. The Morgan fingerprint density at radius 3 is 1.98 bits per heavy atom. The van der Waals surface area contributed by atoms with Crippen LogP contribution < -0.4 is 4.90 Å². The summed E-state index contributed by atoms with van der Waals surface area (Å²) in [4.78, 5) is 14.7. The molecule has 2 aliphatic rings. The van der Waals surface area contributed by atoms with Crippen LogP contribution in [0.4, 0.5) is 14.5 Å². The monoisotopic (exact) mass is 555 g/mol. The van der Waals surface area contributed by atoms with Gasteiger partial charge in [0.1, 0.15) is 42.2 Å². The van der Waals surface area contributed by atoms with E-state index in [4.69, 9.17) is 4.74 Å². The molecule has 5 rings (SSSR count). The second-order valence-electron chi connectivity index (χ2n) is 10.3. The molecule has 2 heterocycles. The van der Waals surface area contributed by atoms with Gasteiger partial charge < -0.3 is 35.2 Å². The Morgan fingerprint density at radius 2 is 1.38 bits per heavy atom. The Bertz CT molecular complexity index is 1300. The smallest absolute Gasteiger partial charge is 0.233 e. The van der Waals surface area contributed by atoms with E-state index in [0.717, 1.165) is 5.56 Å². The van der Waals surface area contributed by atoms with E-state index in [1.165, 1.54) is 36.4 Å². The fourth-order valence-corrected chi connectivity index (χ4v) is 5.55. The number of halogens is 2. The number of hydrogen-bond donors (Lipinski definition) is 5. The SMILES string of the molecule is O=C1[C@H](CC[C@H](O)c2ccc([C@@H]3O[C@H](CO)[C@@H](O)[C@H](O)[C@H]3O)cc2)[C@@H](c2ccc(F)cc2)N1c1ccc(F)cc1. The standard InChI is InChI=1S/C30H31F2NO7/c31-19-7-5-17(6-8-19)25-22(30(39)33(25)21-11-9-20(32)10-12-21)13-14-23(35)16-1-3-18(4-2-16)29-28(38)27(37)26(36)24(15-34)40-29/h1-12,22-29,34-38H,13-15H2/t22-,23+,24-,25-,26-,27+,28-,29+/m1/s1. The number of ether oxygens (including phenoxy) is 1. The second-order valence-corrected chi connectivity index (χ2v) is 10.3. The number of aliphatic hydroxyl groups excluding tert-OH is 5. The minimum Gasteiger partial charge on any atom is -0.394 e. The Kier molecular flexibility index (Phi) is 8.27. The van der Waals surface area contributed by atoms with Crippen LogP contribution in [-0.2, 0) is 9.53 Å². The van der Waals surface area contributed by atoms with Gasteiger partial charge in [-0.05, 0) is 65.9 Å². The van der Waals surface area contributed by atoms with Crippen LogP contribution in [0.15, 0.2) is 72.8 Å². The topological polar surface area (TPSA) is 131 Å². The van der Waals surface area contributed by atoms with E-state index in [-0.39, 0.29) is 12.3 Å². The molecule has 0 radical (unpaired) electrons.